The number of nitrogens with one attached hydrogen (secondary N) is 1. The van der Waals surface area contributed by atoms with Gasteiger partial charge in [-0.1, -0.05) is 25.3 Å². The second kappa shape index (κ2) is 11.3. The predicted octanol–water partition coefficient (Wildman–Crippen LogP) is 1.45. The van der Waals surface area contributed by atoms with Crippen LogP contribution < -0.4 is 14.8 Å². The Morgan fingerprint density at radius 1 is 1.06 bits per heavy atom. The van der Waals surface area contributed by atoms with Gasteiger partial charge in [-0.3, -0.25) is 9.69 Å². The third kappa shape index (κ3) is 6.12. The summed E-state index contributed by atoms with van der Waals surface area (Å²) in [6.45, 7) is 2.53. The molecule has 1 aromatic carbocycles. The maximum absolute atomic E-state index is 13.0. The molecule has 0 atom stereocenters. The van der Waals surface area contributed by atoms with E-state index < -0.39 is 10.2 Å². The van der Waals surface area contributed by atoms with Crippen molar-refractivity contribution < 1.29 is 22.7 Å². The van der Waals surface area contributed by atoms with Crippen LogP contribution in [0.4, 0.5) is 0 Å². The SMILES string of the molecule is COc1ccc(CNC(=O)CN2CCN(S(=O)(=O)N(C)C3CCCCC3)CC2)cc1OC. The molecule has 3 rings (SSSR count). The van der Waals surface area contributed by atoms with Gasteiger partial charge >= 0.3 is 0 Å². The number of nitrogens with zero attached hydrogens (tertiary/aromatic N) is 3. The molecule has 1 amide bonds. The smallest absolute Gasteiger partial charge is 0.282 e. The summed E-state index contributed by atoms with van der Waals surface area (Å²) in [4.78, 5) is 14.4. The van der Waals surface area contributed by atoms with Gasteiger partial charge in [0.1, 0.15) is 0 Å². The van der Waals surface area contributed by atoms with Gasteiger partial charge in [-0.25, -0.2) is 0 Å². The lowest BCUT2D eigenvalue weighted by Gasteiger charge is -2.38. The molecule has 1 N–H and O–H groups in total. The number of carbonyl (C=O) groups excluding carboxylic acids is 1. The van der Waals surface area contributed by atoms with Crippen LogP contribution in [0.25, 0.3) is 0 Å². The average molecular weight is 469 g/mol. The van der Waals surface area contributed by atoms with E-state index in [2.05, 4.69) is 5.32 Å². The number of rotatable bonds is 9. The molecule has 0 radical (unpaired) electrons. The predicted molar refractivity (Wildman–Crippen MR) is 123 cm³/mol. The number of ether oxygens (including phenoxy) is 2. The first-order valence-electron chi connectivity index (χ1n) is 11.3. The molecule has 10 heteroatoms. The molecule has 1 heterocycles. The third-order valence-corrected chi connectivity index (χ3v) is 8.46. The Morgan fingerprint density at radius 3 is 2.34 bits per heavy atom. The summed E-state index contributed by atoms with van der Waals surface area (Å²) in [5.41, 5.74) is 0.915. The fourth-order valence-corrected chi connectivity index (χ4v) is 5.96. The Hall–Kier alpha value is -1.88. The number of methoxy groups -OCH3 is 2. The summed E-state index contributed by atoms with van der Waals surface area (Å²) in [7, 11) is 1.41. The van der Waals surface area contributed by atoms with Crippen LogP contribution in [-0.2, 0) is 21.5 Å². The van der Waals surface area contributed by atoms with Crippen molar-refractivity contribution in [3.8, 4) is 11.5 Å². The molecule has 0 bridgehead atoms. The Morgan fingerprint density at radius 2 is 1.72 bits per heavy atom. The highest BCUT2D eigenvalue weighted by molar-refractivity contribution is 7.86. The van der Waals surface area contributed by atoms with Gasteiger partial charge in [0.05, 0.1) is 20.8 Å². The van der Waals surface area contributed by atoms with Crippen molar-refractivity contribution in [2.45, 2.75) is 44.7 Å². The quantitative estimate of drug-likeness (QED) is 0.590. The van der Waals surface area contributed by atoms with Gasteiger partial charge in [-0.2, -0.15) is 17.0 Å². The first-order valence-corrected chi connectivity index (χ1v) is 12.7. The van der Waals surface area contributed by atoms with Crippen molar-refractivity contribution >= 4 is 16.1 Å². The van der Waals surface area contributed by atoms with E-state index in [-0.39, 0.29) is 18.5 Å². The summed E-state index contributed by atoms with van der Waals surface area (Å²) >= 11 is 0. The number of amides is 1. The summed E-state index contributed by atoms with van der Waals surface area (Å²) in [6.07, 6.45) is 5.26. The zero-order valence-corrected chi connectivity index (χ0v) is 20.2. The second-order valence-corrected chi connectivity index (χ2v) is 10.4. The van der Waals surface area contributed by atoms with Crippen molar-refractivity contribution in [3.63, 3.8) is 0 Å². The summed E-state index contributed by atoms with van der Waals surface area (Å²) in [6, 6.07) is 5.64. The van der Waals surface area contributed by atoms with Gasteiger partial charge in [0.2, 0.25) is 5.91 Å². The fourth-order valence-electron chi connectivity index (χ4n) is 4.38. The molecular weight excluding hydrogens is 432 g/mol. The van der Waals surface area contributed by atoms with Gasteiger partial charge in [0.15, 0.2) is 11.5 Å². The molecule has 9 nitrogen and oxygen atoms in total. The summed E-state index contributed by atoms with van der Waals surface area (Å²) in [5, 5.41) is 2.92. The van der Waals surface area contributed by atoms with Gasteiger partial charge in [-0.15, -0.1) is 0 Å². The maximum Gasteiger partial charge on any atom is 0.282 e. The van der Waals surface area contributed by atoms with Crippen molar-refractivity contribution in [3.05, 3.63) is 23.8 Å². The zero-order chi connectivity index (χ0) is 23.1. The second-order valence-electron chi connectivity index (χ2n) is 8.46. The molecule has 2 fully saturated rings. The van der Waals surface area contributed by atoms with E-state index in [9.17, 15) is 13.2 Å². The lowest BCUT2D eigenvalue weighted by Crippen LogP contribution is -2.55. The monoisotopic (exact) mass is 468 g/mol. The van der Waals surface area contributed by atoms with Crippen LogP contribution in [-0.4, -0.2) is 87.9 Å². The molecule has 2 aliphatic rings. The molecular formula is C22H36N4O5S. The lowest BCUT2D eigenvalue weighted by molar-refractivity contribution is -0.122. The minimum atomic E-state index is -3.45. The van der Waals surface area contributed by atoms with Gasteiger partial charge in [-0.05, 0) is 30.5 Å². The van der Waals surface area contributed by atoms with Gasteiger partial charge in [0.25, 0.3) is 10.2 Å². The number of piperazine rings is 1. The topological polar surface area (TPSA) is 91.4 Å². The first kappa shape index (κ1) is 24.8. The highest BCUT2D eigenvalue weighted by Crippen LogP contribution is 2.27. The van der Waals surface area contributed by atoms with E-state index in [4.69, 9.17) is 9.47 Å². The van der Waals surface area contributed by atoms with E-state index >= 15 is 0 Å². The molecule has 1 aliphatic carbocycles. The Labute approximate surface area is 191 Å². The number of hydrogen-bond donors (Lipinski definition) is 1. The molecule has 1 saturated heterocycles. The van der Waals surface area contributed by atoms with Gasteiger partial charge in [0, 0.05) is 45.8 Å². The van der Waals surface area contributed by atoms with Crippen molar-refractivity contribution in [2.75, 3.05) is 54.0 Å². The highest BCUT2D eigenvalue weighted by Gasteiger charge is 2.34. The minimum Gasteiger partial charge on any atom is -0.493 e. The molecule has 180 valence electrons. The summed E-state index contributed by atoms with van der Waals surface area (Å²) in [5.74, 6) is 1.18. The van der Waals surface area contributed by atoms with E-state index in [1.165, 1.54) is 6.42 Å². The molecule has 1 saturated carbocycles. The van der Waals surface area contributed by atoms with Crippen LogP contribution in [0.5, 0.6) is 11.5 Å². The van der Waals surface area contributed by atoms with E-state index in [1.54, 1.807) is 29.9 Å². The average Bonchev–Trinajstić information content (AvgIpc) is 2.82. The van der Waals surface area contributed by atoms with Crippen LogP contribution in [0.1, 0.15) is 37.7 Å². The largest absolute Gasteiger partial charge is 0.493 e. The van der Waals surface area contributed by atoms with Crippen LogP contribution in [0.2, 0.25) is 0 Å². The number of carbonyl (C=O) groups is 1. The van der Waals surface area contributed by atoms with Gasteiger partial charge < -0.3 is 14.8 Å². The first-order chi connectivity index (χ1) is 15.3. The maximum atomic E-state index is 13.0. The molecule has 1 aliphatic heterocycles. The Kier molecular flexibility index (Phi) is 8.75. The van der Waals surface area contributed by atoms with Crippen LogP contribution in [0.15, 0.2) is 18.2 Å². The molecule has 32 heavy (non-hydrogen) atoms. The van der Waals surface area contributed by atoms with E-state index in [0.29, 0.717) is 44.2 Å². The van der Waals surface area contributed by atoms with Crippen molar-refractivity contribution in [1.29, 1.82) is 0 Å². The number of hydrogen-bond acceptors (Lipinski definition) is 6. The highest BCUT2D eigenvalue weighted by atomic mass is 32.2. The molecule has 0 aromatic heterocycles. The minimum absolute atomic E-state index is 0.0876. The normalized spacial score (nSPS) is 19.1. The Bertz CT molecular complexity index is 865. The van der Waals surface area contributed by atoms with Crippen molar-refractivity contribution in [1.82, 2.24) is 18.8 Å². The summed E-state index contributed by atoms with van der Waals surface area (Å²) < 4.78 is 39.7. The number of benzene rings is 1. The van der Waals surface area contributed by atoms with E-state index in [0.717, 1.165) is 31.2 Å². The third-order valence-electron chi connectivity index (χ3n) is 6.42. The van der Waals surface area contributed by atoms with E-state index in [1.807, 2.05) is 23.1 Å². The standard InChI is InChI=1S/C22H36N4O5S/c1-24(19-7-5-4-6-8-19)32(28,29)26-13-11-25(12-14-26)17-22(27)23-16-18-9-10-20(30-2)21(15-18)31-3/h9-10,15,19H,4-8,11-14,16-17H2,1-3H3,(H,23,27). The zero-order valence-electron chi connectivity index (χ0n) is 19.4. The van der Waals surface area contributed by atoms with Crippen LogP contribution in [0.3, 0.4) is 0 Å². The fraction of sp³-hybridized carbons (Fsp3) is 0.682. The molecule has 0 spiro atoms. The van der Waals surface area contributed by atoms with Crippen LogP contribution >= 0.6 is 0 Å². The Balaban J connectivity index is 1.44. The molecule has 0 unspecified atom stereocenters. The lowest BCUT2D eigenvalue weighted by atomic mass is 9.96. The van der Waals surface area contributed by atoms with Crippen LogP contribution in [0, 0.1) is 0 Å². The molecule has 1 aromatic rings. The van der Waals surface area contributed by atoms with Crippen molar-refractivity contribution in [2.24, 2.45) is 0 Å².